The lowest BCUT2D eigenvalue weighted by molar-refractivity contribution is 0.102. The monoisotopic (exact) mass is 428 g/mol. The highest BCUT2D eigenvalue weighted by Gasteiger charge is 2.23. The first-order chi connectivity index (χ1) is 12.7. The summed E-state index contributed by atoms with van der Waals surface area (Å²) >= 11 is 0. The van der Waals surface area contributed by atoms with Gasteiger partial charge in [0, 0.05) is 18.5 Å². The lowest BCUT2D eigenvalue weighted by Gasteiger charge is -2.19. The number of carbonyl (C=O) groups excluding carboxylic acids is 1. The first kappa shape index (κ1) is 22.3. The average molecular weight is 429 g/mol. The van der Waals surface area contributed by atoms with Gasteiger partial charge in [-0.2, -0.15) is 10.1 Å². The Kier molecular flexibility index (Phi) is 6.81. The number of sulfonamides is 1. The Balaban J connectivity index is 0.00000280. The van der Waals surface area contributed by atoms with Gasteiger partial charge in [0.05, 0.1) is 4.90 Å². The quantitative estimate of drug-likeness (QED) is 0.670. The third kappa shape index (κ3) is 4.69. The van der Waals surface area contributed by atoms with Crippen LogP contribution >= 0.6 is 12.4 Å². The molecule has 0 bridgehead atoms. The van der Waals surface area contributed by atoms with Crippen molar-refractivity contribution in [2.45, 2.75) is 37.5 Å². The Bertz CT molecular complexity index is 983. The van der Waals surface area contributed by atoms with Gasteiger partial charge in [-0.3, -0.25) is 10.1 Å². The molecule has 0 unspecified atom stereocenters. The van der Waals surface area contributed by atoms with Crippen LogP contribution in [0.25, 0.3) is 0 Å². The number of nitrogens with two attached hydrogens (primary N) is 1. The SMILES string of the molecule is Cc1cc(S(N)(=O)=O)cc(C(=O)Nc2nc(C3CCNCC3)nn2C)c1C.Cl. The van der Waals surface area contributed by atoms with Gasteiger partial charge in [0.15, 0.2) is 5.82 Å². The minimum absolute atomic E-state index is 0. The van der Waals surface area contributed by atoms with E-state index in [4.69, 9.17) is 5.14 Å². The van der Waals surface area contributed by atoms with Gasteiger partial charge in [-0.1, -0.05) is 0 Å². The maximum atomic E-state index is 12.8. The number of nitrogens with one attached hydrogen (secondary N) is 2. The molecular weight excluding hydrogens is 404 g/mol. The number of anilines is 1. The van der Waals surface area contributed by atoms with Crippen molar-refractivity contribution < 1.29 is 13.2 Å². The molecule has 3 rings (SSSR count). The zero-order chi connectivity index (χ0) is 19.8. The van der Waals surface area contributed by atoms with E-state index in [9.17, 15) is 13.2 Å². The summed E-state index contributed by atoms with van der Waals surface area (Å²) < 4.78 is 24.9. The van der Waals surface area contributed by atoms with Gasteiger partial charge < -0.3 is 5.32 Å². The normalized spacial score (nSPS) is 15.1. The van der Waals surface area contributed by atoms with E-state index in [1.165, 1.54) is 16.8 Å². The van der Waals surface area contributed by atoms with Crippen molar-refractivity contribution in [3.05, 3.63) is 34.6 Å². The zero-order valence-electron chi connectivity index (χ0n) is 16.0. The number of benzene rings is 1. The van der Waals surface area contributed by atoms with Gasteiger partial charge in [0.1, 0.15) is 0 Å². The Morgan fingerprint density at radius 1 is 1.29 bits per heavy atom. The van der Waals surface area contributed by atoms with Crippen molar-refractivity contribution in [3.63, 3.8) is 0 Å². The number of piperidine rings is 1. The minimum Gasteiger partial charge on any atom is -0.317 e. The third-order valence-electron chi connectivity index (χ3n) is 4.92. The molecule has 0 spiro atoms. The molecule has 1 amide bonds. The van der Waals surface area contributed by atoms with Gasteiger partial charge in [-0.15, -0.1) is 12.4 Å². The number of primary sulfonamides is 1. The number of rotatable bonds is 4. The summed E-state index contributed by atoms with van der Waals surface area (Å²) in [5.74, 6) is 0.846. The van der Waals surface area contributed by atoms with E-state index in [0.29, 0.717) is 22.9 Å². The van der Waals surface area contributed by atoms with Crippen molar-refractivity contribution in [2.24, 2.45) is 12.2 Å². The molecule has 0 saturated carbocycles. The summed E-state index contributed by atoms with van der Waals surface area (Å²) in [4.78, 5) is 17.1. The smallest absolute Gasteiger partial charge is 0.258 e. The number of nitrogens with zero attached hydrogens (tertiary/aromatic N) is 3. The molecule has 2 aromatic rings. The molecule has 1 aromatic carbocycles. The average Bonchev–Trinajstić information content (AvgIpc) is 2.97. The van der Waals surface area contributed by atoms with E-state index < -0.39 is 15.9 Å². The lowest BCUT2D eigenvalue weighted by Crippen LogP contribution is -2.27. The first-order valence-corrected chi connectivity index (χ1v) is 10.3. The highest BCUT2D eigenvalue weighted by molar-refractivity contribution is 7.89. The maximum absolute atomic E-state index is 12.8. The number of aryl methyl sites for hydroxylation is 2. The van der Waals surface area contributed by atoms with Crippen LogP contribution in [-0.4, -0.2) is 42.2 Å². The van der Waals surface area contributed by atoms with Gasteiger partial charge in [0.2, 0.25) is 16.0 Å². The fourth-order valence-corrected chi connectivity index (χ4v) is 3.78. The van der Waals surface area contributed by atoms with Gasteiger partial charge in [-0.25, -0.2) is 18.2 Å². The Hall–Kier alpha value is -2.01. The second kappa shape index (κ2) is 8.56. The van der Waals surface area contributed by atoms with E-state index in [1.807, 2.05) is 0 Å². The first-order valence-electron chi connectivity index (χ1n) is 8.74. The second-order valence-corrected chi connectivity index (χ2v) is 8.41. The van der Waals surface area contributed by atoms with Gasteiger partial charge >= 0.3 is 0 Å². The fourth-order valence-electron chi connectivity index (χ4n) is 3.16. The van der Waals surface area contributed by atoms with Crippen molar-refractivity contribution in [3.8, 4) is 0 Å². The van der Waals surface area contributed by atoms with Crippen LogP contribution in [0.15, 0.2) is 17.0 Å². The molecule has 28 heavy (non-hydrogen) atoms. The molecule has 1 aromatic heterocycles. The van der Waals surface area contributed by atoms with Crippen LogP contribution in [0.3, 0.4) is 0 Å². The number of hydrogen-bond acceptors (Lipinski definition) is 6. The zero-order valence-corrected chi connectivity index (χ0v) is 17.7. The molecule has 1 aliphatic heterocycles. The highest BCUT2D eigenvalue weighted by Crippen LogP contribution is 2.24. The fraction of sp³-hybridized carbons (Fsp3) is 0.471. The van der Waals surface area contributed by atoms with Crippen LogP contribution < -0.4 is 15.8 Å². The summed E-state index contributed by atoms with van der Waals surface area (Å²) in [6, 6.07) is 2.75. The Labute approximate surface area is 170 Å². The number of halogens is 1. The van der Waals surface area contributed by atoms with E-state index in [-0.39, 0.29) is 28.8 Å². The predicted molar refractivity (Wildman–Crippen MR) is 108 cm³/mol. The van der Waals surface area contributed by atoms with Crippen molar-refractivity contribution in [1.29, 1.82) is 0 Å². The summed E-state index contributed by atoms with van der Waals surface area (Å²) in [6.07, 6.45) is 1.90. The standard InChI is InChI=1S/C17H24N6O3S.ClH/c1-10-8-13(27(18,25)26)9-14(11(10)2)16(24)21-17-20-15(22-23(17)3)12-4-6-19-7-5-12;/h8-9,12,19H,4-7H2,1-3H3,(H2,18,25,26)(H,20,21,22,24);1H. The number of carbonyl (C=O) groups is 1. The molecule has 1 aliphatic rings. The van der Waals surface area contributed by atoms with Crippen LogP contribution in [0.2, 0.25) is 0 Å². The molecule has 0 aliphatic carbocycles. The van der Waals surface area contributed by atoms with Crippen LogP contribution in [0.5, 0.6) is 0 Å². The van der Waals surface area contributed by atoms with Crippen molar-refractivity contribution in [2.75, 3.05) is 18.4 Å². The molecule has 0 atom stereocenters. The molecule has 11 heteroatoms. The molecule has 9 nitrogen and oxygen atoms in total. The van der Waals surface area contributed by atoms with Crippen LogP contribution in [-0.2, 0) is 17.1 Å². The summed E-state index contributed by atoms with van der Waals surface area (Å²) in [5, 5.41) is 15.7. The molecule has 1 saturated heterocycles. The highest BCUT2D eigenvalue weighted by atomic mass is 35.5. The molecule has 4 N–H and O–H groups in total. The third-order valence-corrected chi connectivity index (χ3v) is 5.82. The maximum Gasteiger partial charge on any atom is 0.258 e. The molecule has 0 radical (unpaired) electrons. The van der Waals surface area contributed by atoms with E-state index in [1.54, 1.807) is 20.9 Å². The minimum atomic E-state index is -3.91. The van der Waals surface area contributed by atoms with Crippen molar-refractivity contribution in [1.82, 2.24) is 20.1 Å². The topological polar surface area (TPSA) is 132 Å². The summed E-state index contributed by atoms with van der Waals surface area (Å²) in [7, 11) is -2.19. The van der Waals surface area contributed by atoms with Crippen LogP contribution in [0.4, 0.5) is 5.95 Å². The predicted octanol–water partition coefficient (Wildman–Crippen LogP) is 1.22. The van der Waals surface area contributed by atoms with E-state index in [0.717, 1.165) is 25.9 Å². The molecule has 1 fully saturated rings. The lowest BCUT2D eigenvalue weighted by atomic mass is 9.98. The van der Waals surface area contributed by atoms with Crippen molar-refractivity contribution >= 4 is 34.3 Å². The molecular formula is C17H25ClN6O3S. The Morgan fingerprint density at radius 3 is 2.54 bits per heavy atom. The number of hydrogen-bond donors (Lipinski definition) is 3. The van der Waals surface area contributed by atoms with Gasteiger partial charge in [-0.05, 0) is 63.0 Å². The molecule has 2 heterocycles. The van der Waals surface area contributed by atoms with E-state index >= 15 is 0 Å². The number of aromatic nitrogens is 3. The molecule has 154 valence electrons. The van der Waals surface area contributed by atoms with E-state index in [2.05, 4.69) is 20.7 Å². The van der Waals surface area contributed by atoms with Gasteiger partial charge in [0.25, 0.3) is 5.91 Å². The van der Waals surface area contributed by atoms with Crippen LogP contribution in [0.1, 0.15) is 46.1 Å². The van der Waals surface area contributed by atoms with Crippen LogP contribution in [0, 0.1) is 13.8 Å². The summed E-state index contributed by atoms with van der Waals surface area (Å²) in [5.41, 5.74) is 1.59. The second-order valence-electron chi connectivity index (χ2n) is 6.85. The Morgan fingerprint density at radius 2 is 1.93 bits per heavy atom. The largest absolute Gasteiger partial charge is 0.317 e. The number of amides is 1. The summed E-state index contributed by atoms with van der Waals surface area (Å²) in [6.45, 7) is 5.33.